The van der Waals surface area contributed by atoms with Gasteiger partial charge >= 0.3 is 0 Å². The van der Waals surface area contributed by atoms with E-state index in [1.54, 1.807) is 0 Å². The summed E-state index contributed by atoms with van der Waals surface area (Å²) in [6, 6.07) is 15.8. The standard InChI is InChI=1S/C21H24BrN3O2S/c1-14(28-19-8-2-16(22)3-9-19)21(27)24-17-4-6-18(7-5-17)25-12-10-15(11-13-25)20(23)26/h2-9,14-15H,10-13H2,1H3,(H2,23,26)(H,24,27). The summed E-state index contributed by atoms with van der Waals surface area (Å²) >= 11 is 4.95. The Kier molecular flexibility index (Phi) is 7.02. The lowest BCUT2D eigenvalue weighted by Crippen LogP contribution is -2.38. The van der Waals surface area contributed by atoms with Crippen LogP contribution in [0.1, 0.15) is 19.8 Å². The van der Waals surface area contributed by atoms with Gasteiger partial charge in [0.1, 0.15) is 0 Å². The van der Waals surface area contributed by atoms with Crippen LogP contribution in [0, 0.1) is 5.92 Å². The fourth-order valence-corrected chi connectivity index (χ4v) is 4.32. The molecule has 2 aromatic rings. The largest absolute Gasteiger partial charge is 0.371 e. The summed E-state index contributed by atoms with van der Waals surface area (Å²) in [5, 5.41) is 2.78. The van der Waals surface area contributed by atoms with Crippen molar-refractivity contribution in [3.05, 3.63) is 53.0 Å². The Labute approximate surface area is 178 Å². The van der Waals surface area contributed by atoms with Crippen LogP contribution in [0.25, 0.3) is 0 Å². The highest BCUT2D eigenvalue weighted by Gasteiger charge is 2.23. The molecule has 0 aromatic heterocycles. The fourth-order valence-electron chi connectivity index (χ4n) is 3.19. The molecule has 0 spiro atoms. The Morgan fingerprint density at radius 1 is 1.11 bits per heavy atom. The maximum Gasteiger partial charge on any atom is 0.237 e. The van der Waals surface area contributed by atoms with Crippen molar-refractivity contribution in [2.75, 3.05) is 23.3 Å². The van der Waals surface area contributed by atoms with Crippen LogP contribution >= 0.6 is 27.7 Å². The molecule has 148 valence electrons. The fraction of sp³-hybridized carbons (Fsp3) is 0.333. The highest BCUT2D eigenvalue weighted by atomic mass is 79.9. The molecule has 0 bridgehead atoms. The van der Waals surface area contributed by atoms with E-state index in [9.17, 15) is 9.59 Å². The van der Waals surface area contributed by atoms with Crippen molar-refractivity contribution in [3.63, 3.8) is 0 Å². The van der Waals surface area contributed by atoms with Crippen molar-refractivity contribution in [2.45, 2.75) is 29.9 Å². The summed E-state index contributed by atoms with van der Waals surface area (Å²) < 4.78 is 1.02. The number of thioether (sulfide) groups is 1. The molecule has 28 heavy (non-hydrogen) atoms. The Morgan fingerprint density at radius 3 is 2.29 bits per heavy atom. The van der Waals surface area contributed by atoms with Crippen molar-refractivity contribution in [1.29, 1.82) is 0 Å². The lowest BCUT2D eigenvalue weighted by molar-refractivity contribution is -0.122. The van der Waals surface area contributed by atoms with E-state index in [1.165, 1.54) is 11.8 Å². The van der Waals surface area contributed by atoms with Gasteiger partial charge < -0.3 is 16.0 Å². The molecule has 2 amide bonds. The van der Waals surface area contributed by atoms with Crippen molar-refractivity contribution in [3.8, 4) is 0 Å². The highest BCUT2D eigenvalue weighted by molar-refractivity contribution is 9.10. The number of halogens is 1. The monoisotopic (exact) mass is 461 g/mol. The Balaban J connectivity index is 1.53. The zero-order valence-electron chi connectivity index (χ0n) is 15.7. The number of hydrogen-bond acceptors (Lipinski definition) is 4. The second kappa shape index (κ2) is 9.47. The van der Waals surface area contributed by atoms with Crippen LogP contribution < -0.4 is 16.0 Å². The van der Waals surface area contributed by atoms with Crippen LogP contribution in [0.5, 0.6) is 0 Å². The molecule has 1 atom stereocenters. The third-order valence-corrected chi connectivity index (χ3v) is 6.53. The molecule has 0 aliphatic carbocycles. The van der Waals surface area contributed by atoms with Crippen LogP contribution in [-0.2, 0) is 9.59 Å². The molecular weight excluding hydrogens is 438 g/mol. The number of hydrogen-bond donors (Lipinski definition) is 2. The predicted octanol–water partition coefficient (Wildman–Crippen LogP) is 4.27. The molecule has 1 fully saturated rings. The summed E-state index contributed by atoms with van der Waals surface area (Å²) in [6.45, 7) is 3.54. The molecule has 1 unspecified atom stereocenters. The van der Waals surface area contributed by atoms with Crippen molar-refractivity contribution in [2.24, 2.45) is 11.7 Å². The molecule has 5 nitrogen and oxygen atoms in total. The molecule has 1 heterocycles. The van der Waals surface area contributed by atoms with Gasteiger partial charge in [0, 0.05) is 39.8 Å². The lowest BCUT2D eigenvalue weighted by atomic mass is 9.96. The summed E-state index contributed by atoms with van der Waals surface area (Å²) in [4.78, 5) is 27.1. The van der Waals surface area contributed by atoms with E-state index in [0.29, 0.717) is 0 Å². The molecule has 0 radical (unpaired) electrons. The first-order chi connectivity index (χ1) is 13.4. The third kappa shape index (κ3) is 5.52. The van der Waals surface area contributed by atoms with Gasteiger partial charge in [-0.2, -0.15) is 0 Å². The van der Waals surface area contributed by atoms with Gasteiger partial charge in [-0.3, -0.25) is 9.59 Å². The normalized spacial score (nSPS) is 15.9. The Hall–Kier alpha value is -1.99. The number of carbonyl (C=O) groups excluding carboxylic acids is 2. The summed E-state index contributed by atoms with van der Waals surface area (Å²) in [7, 11) is 0. The summed E-state index contributed by atoms with van der Waals surface area (Å²) in [5.74, 6) is -0.240. The Bertz CT molecular complexity index is 819. The predicted molar refractivity (Wildman–Crippen MR) is 119 cm³/mol. The average Bonchev–Trinajstić information content (AvgIpc) is 2.70. The first-order valence-corrected chi connectivity index (χ1v) is 11.0. The van der Waals surface area contributed by atoms with Gasteiger partial charge in [0.05, 0.1) is 5.25 Å². The van der Waals surface area contributed by atoms with E-state index in [-0.39, 0.29) is 23.0 Å². The minimum Gasteiger partial charge on any atom is -0.371 e. The number of carbonyl (C=O) groups is 2. The SMILES string of the molecule is CC(Sc1ccc(Br)cc1)C(=O)Nc1ccc(N2CCC(C(N)=O)CC2)cc1. The third-order valence-electron chi connectivity index (χ3n) is 4.89. The average molecular weight is 462 g/mol. The number of nitrogens with zero attached hydrogens (tertiary/aromatic N) is 1. The first-order valence-electron chi connectivity index (χ1n) is 9.30. The van der Waals surface area contributed by atoms with Crippen LogP contribution in [0.2, 0.25) is 0 Å². The van der Waals surface area contributed by atoms with E-state index in [4.69, 9.17) is 5.73 Å². The van der Waals surface area contributed by atoms with E-state index in [0.717, 1.165) is 46.7 Å². The molecular formula is C21H24BrN3O2S. The van der Waals surface area contributed by atoms with E-state index in [1.807, 2.05) is 55.5 Å². The summed E-state index contributed by atoms with van der Waals surface area (Å²) in [5.41, 5.74) is 7.27. The lowest BCUT2D eigenvalue weighted by Gasteiger charge is -2.32. The van der Waals surface area contributed by atoms with E-state index in [2.05, 4.69) is 26.1 Å². The smallest absolute Gasteiger partial charge is 0.237 e. The van der Waals surface area contributed by atoms with Crippen molar-refractivity contribution in [1.82, 2.24) is 0 Å². The zero-order chi connectivity index (χ0) is 20.1. The molecule has 1 aliphatic heterocycles. The first kappa shape index (κ1) is 20.7. The maximum atomic E-state index is 12.5. The second-order valence-electron chi connectivity index (χ2n) is 6.91. The van der Waals surface area contributed by atoms with Gasteiger partial charge in [0.2, 0.25) is 11.8 Å². The number of nitrogens with two attached hydrogens (primary N) is 1. The minimum absolute atomic E-state index is 0.0143. The van der Waals surface area contributed by atoms with Crippen LogP contribution in [-0.4, -0.2) is 30.2 Å². The number of anilines is 2. The zero-order valence-corrected chi connectivity index (χ0v) is 18.1. The quantitative estimate of drug-likeness (QED) is 0.629. The van der Waals surface area contributed by atoms with Gasteiger partial charge in [-0.15, -0.1) is 11.8 Å². The second-order valence-corrected chi connectivity index (χ2v) is 9.24. The Morgan fingerprint density at radius 2 is 1.71 bits per heavy atom. The van der Waals surface area contributed by atoms with Gasteiger partial charge in [-0.25, -0.2) is 0 Å². The van der Waals surface area contributed by atoms with Gasteiger partial charge in [0.25, 0.3) is 0 Å². The maximum absolute atomic E-state index is 12.5. The van der Waals surface area contributed by atoms with Gasteiger partial charge in [0.15, 0.2) is 0 Å². The molecule has 0 saturated carbocycles. The number of piperidine rings is 1. The van der Waals surface area contributed by atoms with E-state index >= 15 is 0 Å². The molecule has 7 heteroatoms. The van der Waals surface area contributed by atoms with Crippen molar-refractivity contribution < 1.29 is 9.59 Å². The number of rotatable bonds is 6. The van der Waals surface area contributed by atoms with Crippen molar-refractivity contribution >= 4 is 50.9 Å². The highest BCUT2D eigenvalue weighted by Crippen LogP contribution is 2.27. The molecule has 3 N–H and O–H groups in total. The number of benzene rings is 2. The minimum atomic E-state index is -0.201. The van der Waals surface area contributed by atoms with E-state index < -0.39 is 0 Å². The van der Waals surface area contributed by atoms with Gasteiger partial charge in [-0.1, -0.05) is 15.9 Å². The number of nitrogens with one attached hydrogen (secondary N) is 1. The molecule has 3 rings (SSSR count). The molecule has 1 saturated heterocycles. The van der Waals surface area contributed by atoms with Gasteiger partial charge in [-0.05, 0) is 68.3 Å². The summed E-state index contributed by atoms with van der Waals surface area (Å²) in [6.07, 6.45) is 1.58. The topological polar surface area (TPSA) is 75.4 Å². The van der Waals surface area contributed by atoms with Crippen LogP contribution in [0.4, 0.5) is 11.4 Å². The molecule has 1 aliphatic rings. The molecule has 2 aromatic carbocycles. The number of amides is 2. The van der Waals surface area contributed by atoms with Crippen LogP contribution in [0.15, 0.2) is 57.9 Å². The number of primary amides is 1. The van der Waals surface area contributed by atoms with Crippen LogP contribution in [0.3, 0.4) is 0 Å².